The van der Waals surface area contributed by atoms with Crippen LogP contribution >= 0.6 is 0 Å². The molecule has 1 aliphatic heterocycles. The molecule has 5 nitrogen and oxygen atoms in total. The van der Waals surface area contributed by atoms with E-state index < -0.39 is 21.0 Å². The van der Waals surface area contributed by atoms with E-state index in [-0.39, 0.29) is 6.10 Å². The maximum atomic E-state index is 11.7. The van der Waals surface area contributed by atoms with E-state index in [1.165, 1.54) is 6.92 Å². The number of hydrogen-bond donors (Lipinski definition) is 1. The molecule has 1 aromatic carbocycles. The number of para-hydroxylation sites is 1. The van der Waals surface area contributed by atoms with Crippen LogP contribution in [0.3, 0.4) is 0 Å². The van der Waals surface area contributed by atoms with Gasteiger partial charge in [0.25, 0.3) is 0 Å². The van der Waals surface area contributed by atoms with Crippen molar-refractivity contribution in [3.63, 3.8) is 0 Å². The third-order valence-electron chi connectivity index (χ3n) is 3.23. The summed E-state index contributed by atoms with van der Waals surface area (Å²) >= 11 is 0. The maximum absolute atomic E-state index is 11.7. The van der Waals surface area contributed by atoms with Gasteiger partial charge >= 0.3 is 0 Å². The second kappa shape index (κ2) is 5.21. The number of carbonyl (C=O) groups excluding carboxylic acids is 1. The Morgan fingerprint density at radius 1 is 1.47 bits per heavy atom. The summed E-state index contributed by atoms with van der Waals surface area (Å²) in [7, 11) is -3.35. The van der Waals surface area contributed by atoms with E-state index in [1.54, 1.807) is 0 Å². The Kier molecular flexibility index (Phi) is 3.80. The number of benzene rings is 1. The number of rotatable bonds is 4. The van der Waals surface area contributed by atoms with Gasteiger partial charge in [-0.2, -0.15) is 0 Å². The molecular formula is C13H17NO4S. The molecule has 0 fully saturated rings. The topological polar surface area (TPSA) is 72.5 Å². The molecule has 1 aliphatic rings. The molecule has 0 saturated carbocycles. The van der Waals surface area contributed by atoms with Crippen molar-refractivity contribution >= 4 is 15.7 Å². The molecule has 6 heteroatoms. The van der Waals surface area contributed by atoms with E-state index in [4.69, 9.17) is 4.74 Å². The van der Waals surface area contributed by atoms with Crippen LogP contribution in [-0.4, -0.2) is 38.5 Å². The quantitative estimate of drug-likeness (QED) is 0.875. The average molecular weight is 283 g/mol. The van der Waals surface area contributed by atoms with E-state index in [0.29, 0.717) is 6.54 Å². The highest BCUT2D eigenvalue weighted by atomic mass is 32.2. The van der Waals surface area contributed by atoms with Crippen molar-refractivity contribution in [3.8, 4) is 5.75 Å². The van der Waals surface area contributed by atoms with Gasteiger partial charge in [-0.1, -0.05) is 18.2 Å². The lowest BCUT2D eigenvalue weighted by Crippen LogP contribution is -2.42. The third-order valence-corrected chi connectivity index (χ3v) is 4.73. The SMILES string of the molecule is C[C@H](C(=O)NC[C@H]1Cc2ccccc2O1)S(C)(=O)=O. The van der Waals surface area contributed by atoms with Crippen molar-refractivity contribution in [2.75, 3.05) is 12.8 Å². The predicted molar refractivity (Wildman–Crippen MR) is 71.9 cm³/mol. The van der Waals surface area contributed by atoms with E-state index in [0.717, 1.165) is 24.0 Å². The number of hydrogen-bond acceptors (Lipinski definition) is 4. The molecule has 104 valence electrons. The highest BCUT2D eigenvalue weighted by Crippen LogP contribution is 2.27. The zero-order valence-corrected chi connectivity index (χ0v) is 11.7. The molecule has 1 aromatic rings. The predicted octanol–water partition coefficient (Wildman–Crippen LogP) is 0.539. The number of nitrogens with one attached hydrogen (secondary N) is 1. The number of fused-ring (bicyclic) bond motifs is 1. The molecule has 0 radical (unpaired) electrons. The van der Waals surface area contributed by atoms with Crippen LogP contribution in [0.15, 0.2) is 24.3 Å². The Morgan fingerprint density at radius 3 is 2.79 bits per heavy atom. The molecule has 2 atom stereocenters. The van der Waals surface area contributed by atoms with Crippen LogP contribution in [0.1, 0.15) is 12.5 Å². The Hall–Kier alpha value is -1.56. The Morgan fingerprint density at radius 2 is 2.16 bits per heavy atom. The van der Waals surface area contributed by atoms with Crippen molar-refractivity contribution in [1.29, 1.82) is 0 Å². The van der Waals surface area contributed by atoms with Crippen molar-refractivity contribution in [2.24, 2.45) is 0 Å². The summed E-state index contributed by atoms with van der Waals surface area (Å²) in [5.74, 6) is 0.347. The first-order chi connectivity index (χ1) is 8.88. The first-order valence-corrected chi connectivity index (χ1v) is 8.04. The van der Waals surface area contributed by atoms with Crippen molar-refractivity contribution < 1.29 is 17.9 Å². The third kappa shape index (κ3) is 3.26. The fraction of sp³-hybridized carbons (Fsp3) is 0.462. The summed E-state index contributed by atoms with van der Waals surface area (Å²) in [5.41, 5.74) is 1.11. The molecule has 0 saturated heterocycles. The van der Waals surface area contributed by atoms with Gasteiger partial charge in [0.1, 0.15) is 17.1 Å². The van der Waals surface area contributed by atoms with Crippen LogP contribution in [0.2, 0.25) is 0 Å². The molecule has 1 N–H and O–H groups in total. The van der Waals surface area contributed by atoms with Gasteiger partial charge in [0, 0.05) is 12.7 Å². The molecule has 19 heavy (non-hydrogen) atoms. The van der Waals surface area contributed by atoms with Crippen molar-refractivity contribution in [2.45, 2.75) is 24.7 Å². The minimum Gasteiger partial charge on any atom is -0.488 e. The summed E-state index contributed by atoms with van der Waals surface area (Å²) in [6.45, 7) is 1.70. The monoisotopic (exact) mass is 283 g/mol. The molecule has 0 aromatic heterocycles. The van der Waals surface area contributed by atoms with Gasteiger partial charge in [0.05, 0.1) is 6.54 Å². The maximum Gasteiger partial charge on any atom is 0.238 e. The molecule has 1 heterocycles. The molecule has 0 aliphatic carbocycles. The summed E-state index contributed by atoms with van der Waals surface area (Å²) in [5, 5.41) is 1.59. The van der Waals surface area contributed by atoms with E-state index >= 15 is 0 Å². The smallest absolute Gasteiger partial charge is 0.238 e. The molecule has 0 unspecified atom stereocenters. The first-order valence-electron chi connectivity index (χ1n) is 6.09. The highest BCUT2D eigenvalue weighted by molar-refractivity contribution is 7.92. The van der Waals surface area contributed by atoms with Crippen LogP contribution in [0, 0.1) is 0 Å². The zero-order valence-electron chi connectivity index (χ0n) is 10.9. The number of amides is 1. The van der Waals surface area contributed by atoms with Crippen molar-refractivity contribution in [3.05, 3.63) is 29.8 Å². The lowest BCUT2D eigenvalue weighted by Gasteiger charge is -2.14. The number of sulfone groups is 1. The van der Waals surface area contributed by atoms with Crippen LogP contribution in [0.25, 0.3) is 0 Å². The summed E-state index contributed by atoms with van der Waals surface area (Å²) in [6.07, 6.45) is 1.65. The highest BCUT2D eigenvalue weighted by Gasteiger charge is 2.26. The zero-order chi connectivity index (χ0) is 14.0. The van der Waals surface area contributed by atoms with Crippen LogP contribution < -0.4 is 10.1 Å². The standard InChI is InChI=1S/C13H17NO4S/c1-9(19(2,16)17)13(15)14-8-11-7-10-5-3-4-6-12(10)18-11/h3-6,9,11H,7-8H2,1-2H3,(H,14,15)/t9-,11-/m1/s1. The number of ether oxygens (including phenoxy) is 1. The van der Waals surface area contributed by atoms with Gasteiger partial charge in [-0.15, -0.1) is 0 Å². The molecule has 2 rings (SSSR count). The Labute approximate surface area is 112 Å². The molecular weight excluding hydrogens is 266 g/mol. The van der Waals surface area contributed by atoms with E-state index in [9.17, 15) is 13.2 Å². The largest absolute Gasteiger partial charge is 0.488 e. The Bertz CT molecular complexity index is 557. The van der Waals surface area contributed by atoms with Gasteiger partial charge in [0.15, 0.2) is 9.84 Å². The summed E-state index contributed by atoms with van der Waals surface area (Å²) in [6, 6.07) is 7.70. The van der Waals surface area contributed by atoms with Gasteiger partial charge in [0.2, 0.25) is 5.91 Å². The second-order valence-electron chi connectivity index (χ2n) is 4.77. The van der Waals surface area contributed by atoms with E-state index in [2.05, 4.69) is 5.32 Å². The lowest BCUT2D eigenvalue weighted by atomic mass is 10.1. The van der Waals surface area contributed by atoms with Gasteiger partial charge < -0.3 is 10.1 Å². The second-order valence-corrected chi connectivity index (χ2v) is 7.13. The van der Waals surface area contributed by atoms with Crippen LogP contribution in [0.4, 0.5) is 0 Å². The van der Waals surface area contributed by atoms with Crippen LogP contribution in [-0.2, 0) is 21.1 Å². The fourth-order valence-electron chi connectivity index (χ4n) is 1.92. The minimum absolute atomic E-state index is 0.131. The van der Waals surface area contributed by atoms with Gasteiger partial charge in [-0.05, 0) is 18.6 Å². The summed E-state index contributed by atoms with van der Waals surface area (Å²) in [4.78, 5) is 11.7. The van der Waals surface area contributed by atoms with E-state index in [1.807, 2.05) is 24.3 Å². The molecule has 1 amide bonds. The molecule has 0 spiro atoms. The molecule has 0 bridgehead atoms. The van der Waals surface area contributed by atoms with Gasteiger partial charge in [-0.3, -0.25) is 4.79 Å². The Balaban J connectivity index is 1.87. The summed E-state index contributed by atoms with van der Waals surface area (Å²) < 4.78 is 28.2. The lowest BCUT2D eigenvalue weighted by molar-refractivity contribution is -0.120. The fourth-order valence-corrected chi connectivity index (χ4v) is 2.39. The normalized spacial score (nSPS) is 19.4. The number of carbonyl (C=O) groups is 1. The van der Waals surface area contributed by atoms with Crippen molar-refractivity contribution in [1.82, 2.24) is 5.32 Å². The average Bonchev–Trinajstić information content (AvgIpc) is 2.76. The van der Waals surface area contributed by atoms with Gasteiger partial charge in [-0.25, -0.2) is 8.42 Å². The first kappa shape index (κ1) is 13.9. The van der Waals surface area contributed by atoms with Crippen LogP contribution in [0.5, 0.6) is 5.75 Å². The minimum atomic E-state index is -3.35.